The maximum absolute atomic E-state index is 13.1. The van der Waals surface area contributed by atoms with E-state index < -0.39 is 15.9 Å². The van der Waals surface area contributed by atoms with Crippen LogP contribution >= 0.6 is 11.6 Å². The molecule has 0 radical (unpaired) electrons. The second kappa shape index (κ2) is 8.78. The van der Waals surface area contributed by atoms with E-state index in [0.717, 1.165) is 19.3 Å². The second-order valence-corrected chi connectivity index (χ2v) is 9.56. The first-order chi connectivity index (χ1) is 14.9. The molecule has 0 atom stereocenters. The zero-order valence-corrected chi connectivity index (χ0v) is 18.4. The molecule has 8 nitrogen and oxygen atoms in total. The summed E-state index contributed by atoms with van der Waals surface area (Å²) in [5.74, 6) is 0.277. The van der Waals surface area contributed by atoms with Gasteiger partial charge in [-0.2, -0.15) is 9.29 Å². The molecule has 3 aromatic rings. The van der Waals surface area contributed by atoms with Gasteiger partial charge in [-0.15, -0.1) is 0 Å². The number of rotatable bonds is 5. The summed E-state index contributed by atoms with van der Waals surface area (Å²) in [6, 6.07) is 11.3. The summed E-state index contributed by atoms with van der Waals surface area (Å²) in [5, 5.41) is 6.78. The first-order valence-corrected chi connectivity index (χ1v) is 11.7. The Bertz CT molecular complexity index is 1220. The molecule has 0 spiro atoms. The van der Waals surface area contributed by atoms with Crippen LogP contribution in [-0.2, 0) is 10.0 Å². The van der Waals surface area contributed by atoms with Crippen molar-refractivity contribution in [2.24, 2.45) is 0 Å². The van der Waals surface area contributed by atoms with Crippen molar-refractivity contribution in [2.45, 2.75) is 31.1 Å². The van der Waals surface area contributed by atoms with Crippen LogP contribution in [0.5, 0.6) is 0 Å². The number of carbonyl (C=O) groups excluding carboxylic acids is 1. The fraction of sp³-hybridized carbons (Fsp3) is 0.286. The smallest absolute Gasteiger partial charge is 0.255 e. The molecule has 1 saturated heterocycles. The van der Waals surface area contributed by atoms with Crippen molar-refractivity contribution in [3.63, 3.8) is 0 Å². The van der Waals surface area contributed by atoms with E-state index in [9.17, 15) is 13.2 Å². The summed E-state index contributed by atoms with van der Waals surface area (Å²) in [6.45, 7) is 2.58. The first kappa shape index (κ1) is 21.5. The van der Waals surface area contributed by atoms with Gasteiger partial charge in [0.05, 0.1) is 10.7 Å². The quantitative estimate of drug-likeness (QED) is 0.613. The molecule has 2 heterocycles. The maximum atomic E-state index is 13.1. The van der Waals surface area contributed by atoms with Gasteiger partial charge in [0.2, 0.25) is 21.7 Å². The fourth-order valence-corrected chi connectivity index (χ4v) is 5.49. The number of nitrogens with one attached hydrogen (secondary N) is 1. The van der Waals surface area contributed by atoms with Gasteiger partial charge in [-0.25, -0.2) is 8.42 Å². The number of nitrogens with zero attached hydrogens (tertiary/aromatic N) is 3. The summed E-state index contributed by atoms with van der Waals surface area (Å²) >= 11 is 6.21. The number of benzene rings is 2. The van der Waals surface area contributed by atoms with Gasteiger partial charge in [0, 0.05) is 31.1 Å². The van der Waals surface area contributed by atoms with E-state index in [1.54, 1.807) is 31.2 Å². The van der Waals surface area contributed by atoms with Crippen molar-refractivity contribution in [2.75, 3.05) is 18.4 Å². The topological polar surface area (TPSA) is 105 Å². The number of piperidine rings is 1. The standard InChI is InChI=1S/C21H21ClN4O4S/c1-14-23-20(25-30-14)16-7-3-4-8-18(16)24-21(27)15-9-10-17(22)19(13-15)31(28,29)26-11-5-2-6-12-26/h3-4,7-10,13H,2,5-6,11-12H2,1H3,(H,24,27). The van der Waals surface area contributed by atoms with Crippen molar-refractivity contribution in [1.29, 1.82) is 0 Å². The number of anilines is 1. The third-order valence-electron chi connectivity index (χ3n) is 5.07. The number of aromatic nitrogens is 2. The van der Waals surface area contributed by atoms with E-state index in [4.69, 9.17) is 16.1 Å². The number of aryl methyl sites for hydroxylation is 1. The third-order valence-corrected chi connectivity index (χ3v) is 7.45. The molecule has 2 aromatic carbocycles. The van der Waals surface area contributed by atoms with Crippen molar-refractivity contribution in [1.82, 2.24) is 14.4 Å². The van der Waals surface area contributed by atoms with E-state index in [1.165, 1.54) is 22.5 Å². The molecule has 1 N–H and O–H groups in total. The van der Waals surface area contributed by atoms with E-state index in [2.05, 4.69) is 15.5 Å². The molecule has 1 aromatic heterocycles. The highest BCUT2D eigenvalue weighted by Crippen LogP contribution is 2.29. The van der Waals surface area contributed by atoms with Crippen molar-refractivity contribution < 1.29 is 17.7 Å². The number of hydrogen-bond acceptors (Lipinski definition) is 6. The van der Waals surface area contributed by atoms with E-state index in [1.807, 2.05) is 0 Å². The van der Waals surface area contributed by atoms with Crippen LogP contribution in [0.25, 0.3) is 11.4 Å². The molecule has 31 heavy (non-hydrogen) atoms. The molecular weight excluding hydrogens is 440 g/mol. The van der Waals surface area contributed by atoms with Gasteiger partial charge < -0.3 is 9.84 Å². The van der Waals surface area contributed by atoms with E-state index >= 15 is 0 Å². The van der Waals surface area contributed by atoms with Crippen LogP contribution in [0.4, 0.5) is 5.69 Å². The van der Waals surface area contributed by atoms with Gasteiger partial charge in [0.15, 0.2) is 0 Å². The lowest BCUT2D eigenvalue weighted by Gasteiger charge is -2.26. The van der Waals surface area contributed by atoms with E-state index in [0.29, 0.717) is 36.1 Å². The first-order valence-electron chi connectivity index (χ1n) is 9.87. The molecule has 162 valence electrons. The monoisotopic (exact) mass is 460 g/mol. The zero-order chi connectivity index (χ0) is 22.0. The van der Waals surface area contributed by atoms with Crippen LogP contribution in [0.15, 0.2) is 51.9 Å². The van der Waals surface area contributed by atoms with Gasteiger partial charge in [0.1, 0.15) is 4.90 Å². The van der Waals surface area contributed by atoms with Gasteiger partial charge >= 0.3 is 0 Å². The number of carbonyl (C=O) groups is 1. The molecule has 10 heteroatoms. The summed E-state index contributed by atoms with van der Waals surface area (Å²) in [4.78, 5) is 17.1. The summed E-state index contributed by atoms with van der Waals surface area (Å²) in [5.41, 5.74) is 1.24. The lowest BCUT2D eigenvalue weighted by Crippen LogP contribution is -2.35. The highest BCUT2D eigenvalue weighted by Gasteiger charge is 2.29. The Hall–Kier alpha value is -2.75. The molecule has 1 aliphatic heterocycles. The highest BCUT2D eigenvalue weighted by atomic mass is 35.5. The largest absolute Gasteiger partial charge is 0.339 e. The van der Waals surface area contributed by atoms with Crippen molar-refractivity contribution in [3.05, 3.63) is 58.9 Å². The normalized spacial score (nSPS) is 15.0. The molecule has 0 aliphatic carbocycles. The van der Waals surface area contributed by atoms with Crippen molar-refractivity contribution in [3.8, 4) is 11.4 Å². The maximum Gasteiger partial charge on any atom is 0.255 e. The molecule has 4 rings (SSSR count). The minimum atomic E-state index is -3.78. The van der Waals surface area contributed by atoms with E-state index in [-0.39, 0.29) is 15.5 Å². The van der Waals surface area contributed by atoms with Crippen LogP contribution in [0.3, 0.4) is 0 Å². The van der Waals surface area contributed by atoms with Crippen LogP contribution in [0.1, 0.15) is 35.5 Å². The summed E-state index contributed by atoms with van der Waals surface area (Å²) in [6.07, 6.45) is 2.62. The predicted octanol–water partition coefficient (Wildman–Crippen LogP) is 4.13. The Morgan fingerprint density at radius 1 is 1.13 bits per heavy atom. The Kier molecular flexibility index (Phi) is 6.08. The average Bonchev–Trinajstić information content (AvgIpc) is 3.21. The number of sulfonamides is 1. The minimum Gasteiger partial charge on any atom is -0.339 e. The average molecular weight is 461 g/mol. The molecule has 0 bridgehead atoms. The number of halogens is 1. The Morgan fingerprint density at radius 3 is 2.58 bits per heavy atom. The lowest BCUT2D eigenvalue weighted by molar-refractivity contribution is 0.102. The highest BCUT2D eigenvalue weighted by molar-refractivity contribution is 7.89. The zero-order valence-electron chi connectivity index (χ0n) is 16.8. The second-order valence-electron chi connectivity index (χ2n) is 7.25. The fourth-order valence-electron chi connectivity index (χ4n) is 3.48. The van der Waals surface area contributed by atoms with Crippen LogP contribution in [-0.4, -0.2) is 41.9 Å². The molecular formula is C21H21ClN4O4S. The Balaban J connectivity index is 1.63. The minimum absolute atomic E-state index is 0.0641. The molecule has 0 saturated carbocycles. The van der Waals surface area contributed by atoms with Gasteiger partial charge in [-0.1, -0.05) is 35.3 Å². The van der Waals surface area contributed by atoms with Gasteiger partial charge in [-0.3, -0.25) is 4.79 Å². The van der Waals surface area contributed by atoms with Crippen molar-refractivity contribution >= 4 is 33.2 Å². The molecule has 0 unspecified atom stereocenters. The number of para-hydroxylation sites is 1. The number of hydrogen-bond donors (Lipinski definition) is 1. The summed E-state index contributed by atoms with van der Waals surface area (Å²) < 4.78 is 32.6. The predicted molar refractivity (Wildman–Crippen MR) is 116 cm³/mol. The number of amides is 1. The van der Waals surface area contributed by atoms with Gasteiger partial charge in [-0.05, 0) is 43.2 Å². The Morgan fingerprint density at radius 2 is 1.87 bits per heavy atom. The third kappa shape index (κ3) is 4.48. The summed E-state index contributed by atoms with van der Waals surface area (Å²) in [7, 11) is -3.78. The lowest BCUT2D eigenvalue weighted by atomic mass is 10.1. The van der Waals surface area contributed by atoms with Crippen LogP contribution in [0, 0.1) is 6.92 Å². The van der Waals surface area contributed by atoms with Gasteiger partial charge in [0.25, 0.3) is 5.91 Å². The SMILES string of the molecule is Cc1nc(-c2ccccc2NC(=O)c2ccc(Cl)c(S(=O)(=O)N3CCCCC3)c2)no1. The van der Waals surface area contributed by atoms with Crippen LogP contribution < -0.4 is 5.32 Å². The molecule has 1 fully saturated rings. The van der Waals surface area contributed by atoms with Crippen LogP contribution in [0.2, 0.25) is 5.02 Å². The Labute approximate surface area is 185 Å². The molecule has 1 amide bonds. The molecule has 1 aliphatic rings.